The van der Waals surface area contributed by atoms with E-state index in [1.54, 1.807) is 0 Å². The van der Waals surface area contributed by atoms with Crippen molar-refractivity contribution in [3.05, 3.63) is 35.4 Å². The van der Waals surface area contributed by atoms with E-state index in [4.69, 9.17) is 9.47 Å². The number of halogens is 2. The van der Waals surface area contributed by atoms with Crippen LogP contribution in [0.15, 0.2) is 18.2 Å². The molecule has 0 aromatic heterocycles. The number of ether oxygens (including phenoxy) is 2. The van der Waals surface area contributed by atoms with Gasteiger partial charge in [-0.1, -0.05) is 6.07 Å². The number of hydrogen-bond donors (Lipinski definition) is 1. The Bertz CT molecular complexity index is 482. The van der Waals surface area contributed by atoms with Gasteiger partial charge in [0.15, 0.2) is 0 Å². The lowest BCUT2D eigenvalue weighted by atomic mass is 9.80. The summed E-state index contributed by atoms with van der Waals surface area (Å²) in [5.74, 6) is -1.56. The average Bonchev–Trinajstić information content (AvgIpc) is 3.22. The Labute approximate surface area is 116 Å². The summed E-state index contributed by atoms with van der Waals surface area (Å²) < 4.78 is 38.3. The summed E-state index contributed by atoms with van der Waals surface area (Å²) in [5.41, 5.74) is -0.554. The molecule has 3 rings (SSSR count). The molecule has 0 amide bonds. The van der Waals surface area contributed by atoms with Gasteiger partial charge >= 0.3 is 0 Å². The molecule has 0 aliphatic carbocycles. The molecule has 2 fully saturated rings. The second kappa shape index (κ2) is 5.39. The third-order valence-corrected chi connectivity index (χ3v) is 4.30. The minimum absolute atomic E-state index is 0.137. The first kappa shape index (κ1) is 13.9. The van der Waals surface area contributed by atoms with Crippen molar-refractivity contribution in [2.75, 3.05) is 19.8 Å². The molecule has 0 bridgehead atoms. The lowest BCUT2D eigenvalue weighted by molar-refractivity contribution is -0.0622. The Morgan fingerprint density at radius 1 is 1.35 bits per heavy atom. The van der Waals surface area contributed by atoms with Gasteiger partial charge in [0.2, 0.25) is 0 Å². The van der Waals surface area contributed by atoms with E-state index in [-0.39, 0.29) is 18.6 Å². The summed E-state index contributed by atoms with van der Waals surface area (Å²) in [7, 11) is 0. The fourth-order valence-corrected chi connectivity index (χ4v) is 3.13. The van der Waals surface area contributed by atoms with Gasteiger partial charge in [0.25, 0.3) is 0 Å². The lowest BCUT2D eigenvalue weighted by Gasteiger charge is -2.33. The molecular weight excluding hydrogens is 266 g/mol. The van der Waals surface area contributed by atoms with Crippen LogP contribution in [0.25, 0.3) is 0 Å². The molecule has 3 nitrogen and oxygen atoms in total. The molecular formula is C15H18F2O3. The summed E-state index contributed by atoms with van der Waals surface area (Å²) in [6, 6.07) is 3.48. The van der Waals surface area contributed by atoms with Gasteiger partial charge in [0.1, 0.15) is 17.2 Å². The van der Waals surface area contributed by atoms with Gasteiger partial charge in [-0.25, -0.2) is 8.78 Å². The number of epoxide rings is 1. The summed E-state index contributed by atoms with van der Waals surface area (Å²) in [5, 5.41) is 9.70. The number of aliphatic hydroxyl groups excluding tert-OH is 1. The Morgan fingerprint density at radius 3 is 2.70 bits per heavy atom. The van der Waals surface area contributed by atoms with Crippen LogP contribution in [0.4, 0.5) is 8.78 Å². The van der Waals surface area contributed by atoms with Gasteiger partial charge in [-0.05, 0) is 25.3 Å². The fourth-order valence-electron chi connectivity index (χ4n) is 3.13. The standard InChI is InChI=1S/C15H18F2O3/c16-10-4-5-11(13(17)7-10)15(9-20-15)12(8-18)14-3-1-2-6-19-14/h4-5,7,12,14,18H,1-3,6,8-9H2/t12-,14?,15?/m1/s1. The van der Waals surface area contributed by atoms with Crippen LogP contribution >= 0.6 is 0 Å². The first-order chi connectivity index (χ1) is 9.67. The third kappa shape index (κ3) is 2.34. The highest BCUT2D eigenvalue weighted by Gasteiger charge is 2.57. The van der Waals surface area contributed by atoms with Crippen LogP contribution in [-0.2, 0) is 15.1 Å². The van der Waals surface area contributed by atoms with E-state index in [0.29, 0.717) is 18.8 Å². The van der Waals surface area contributed by atoms with Gasteiger partial charge in [-0.3, -0.25) is 0 Å². The summed E-state index contributed by atoms with van der Waals surface area (Å²) in [4.78, 5) is 0. The quantitative estimate of drug-likeness (QED) is 0.863. The predicted molar refractivity (Wildman–Crippen MR) is 68.2 cm³/mol. The summed E-state index contributed by atoms with van der Waals surface area (Å²) >= 11 is 0. The van der Waals surface area contributed by atoms with E-state index in [9.17, 15) is 13.9 Å². The third-order valence-electron chi connectivity index (χ3n) is 4.30. The second-order valence-corrected chi connectivity index (χ2v) is 5.50. The molecule has 110 valence electrons. The summed E-state index contributed by atoms with van der Waals surface area (Å²) in [6.07, 6.45) is 2.73. The van der Waals surface area contributed by atoms with Crippen molar-refractivity contribution < 1.29 is 23.4 Å². The maximum Gasteiger partial charge on any atom is 0.132 e. The number of rotatable bonds is 4. The second-order valence-electron chi connectivity index (χ2n) is 5.50. The van der Waals surface area contributed by atoms with Gasteiger partial charge < -0.3 is 14.6 Å². The lowest BCUT2D eigenvalue weighted by Crippen LogP contribution is -2.39. The zero-order chi connectivity index (χ0) is 14.2. The van der Waals surface area contributed by atoms with Crippen molar-refractivity contribution >= 4 is 0 Å². The molecule has 0 saturated carbocycles. The van der Waals surface area contributed by atoms with Crippen molar-refractivity contribution in [1.29, 1.82) is 0 Å². The molecule has 2 heterocycles. The van der Waals surface area contributed by atoms with E-state index >= 15 is 0 Å². The predicted octanol–water partition coefficient (Wildman–Crippen LogP) is 2.37. The van der Waals surface area contributed by atoms with E-state index in [0.717, 1.165) is 25.3 Å². The van der Waals surface area contributed by atoms with Crippen LogP contribution in [0.1, 0.15) is 24.8 Å². The van der Waals surface area contributed by atoms with E-state index in [2.05, 4.69) is 0 Å². The minimum atomic E-state index is -0.867. The summed E-state index contributed by atoms with van der Waals surface area (Å²) in [6.45, 7) is 0.852. The van der Waals surface area contributed by atoms with Crippen LogP contribution in [0.5, 0.6) is 0 Å². The minimum Gasteiger partial charge on any atom is -0.396 e. The van der Waals surface area contributed by atoms with E-state index in [1.165, 1.54) is 12.1 Å². The highest BCUT2D eigenvalue weighted by atomic mass is 19.1. The fraction of sp³-hybridized carbons (Fsp3) is 0.600. The first-order valence-corrected chi connectivity index (χ1v) is 6.99. The molecule has 1 aromatic rings. The normalized spacial score (nSPS) is 31.1. The molecule has 5 heteroatoms. The average molecular weight is 284 g/mol. The highest BCUT2D eigenvalue weighted by Crippen LogP contribution is 2.49. The maximum absolute atomic E-state index is 14.0. The van der Waals surface area contributed by atoms with Crippen LogP contribution in [0.2, 0.25) is 0 Å². The molecule has 0 spiro atoms. The van der Waals surface area contributed by atoms with Gasteiger partial charge in [0.05, 0.1) is 19.3 Å². The smallest absolute Gasteiger partial charge is 0.132 e. The van der Waals surface area contributed by atoms with Crippen LogP contribution in [0.3, 0.4) is 0 Å². The molecule has 2 aliphatic rings. The molecule has 2 unspecified atom stereocenters. The molecule has 1 aromatic carbocycles. The van der Waals surface area contributed by atoms with Crippen LogP contribution in [-0.4, -0.2) is 31.0 Å². The molecule has 2 aliphatic heterocycles. The Morgan fingerprint density at radius 2 is 2.15 bits per heavy atom. The molecule has 2 saturated heterocycles. The number of hydrogen-bond acceptors (Lipinski definition) is 3. The molecule has 3 atom stereocenters. The van der Waals surface area contributed by atoms with Crippen molar-refractivity contribution in [2.45, 2.75) is 31.0 Å². The topological polar surface area (TPSA) is 42.0 Å². The van der Waals surface area contributed by atoms with Gasteiger partial charge in [0, 0.05) is 24.2 Å². The van der Waals surface area contributed by atoms with Crippen molar-refractivity contribution in [3.8, 4) is 0 Å². The molecule has 1 N–H and O–H groups in total. The number of aliphatic hydroxyl groups is 1. The van der Waals surface area contributed by atoms with Gasteiger partial charge in [-0.2, -0.15) is 0 Å². The Kier molecular flexibility index (Phi) is 3.75. The highest BCUT2D eigenvalue weighted by molar-refractivity contribution is 5.30. The SMILES string of the molecule is OC[C@H](C1CCCCO1)C1(c2ccc(F)cc2F)CO1. The largest absolute Gasteiger partial charge is 0.396 e. The van der Waals surface area contributed by atoms with Crippen molar-refractivity contribution in [2.24, 2.45) is 5.92 Å². The zero-order valence-electron chi connectivity index (χ0n) is 11.1. The van der Waals surface area contributed by atoms with Crippen molar-refractivity contribution in [3.63, 3.8) is 0 Å². The first-order valence-electron chi connectivity index (χ1n) is 6.99. The van der Waals surface area contributed by atoms with Gasteiger partial charge in [-0.15, -0.1) is 0 Å². The monoisotopic (exact) mass is 284 g/mol. The van der Waals surface area contributed by atoms with Crippen molar-refractivity contribution in [1.82, 2.24) is 0 Å². The number of benzene rings is 1. The zero-order valence-corrected chi connectivity index (χ0v) is 11.1. The van der Waals surface area contributed by atoms with Crippen LogP contribution < -0.4 is 0 Å². The maximum atomic E-state index is 14.0. The Hall–Kier alpha value is -1.04. The molecule has 20 heavy (non-hydrogen) atoms. The van der Waals surface area contributed by atoms with E-state index in [1.807, 2.05) is 0 Å². The Balaban J connectivity index is 1.89. The van der Waals surface area contributed by atoms with E-state index < -0.39 is 17.2 Å². The van der Waals surface area contributed by atoms with Crippen LogP contribution in [0, 0.1) is 17.6 Å². The molecule has 0 radical (unpaired) electrons.